The van der Waals surface area contributed by atoms with Crippen molar-refractivity contribution in [1.29, 1.82) is 0 Å². The first kappa shape index (κ1) is 12.5. The van der Waals surface area contributed by atoms with Crippen molar-refractivity contribution in [3.8, 4) is 0 Å². The number of carbonyl (C=O) groups is 1. The number of anilines is 1. The highest BCUT2D eigenvalue weighted by atomic mass is 79.9. The quantitative estimate of drug-likeness (QED) is 0.921. The predicted molar refractivity (Wildman–Crippen MR) is 67.9 cm³/mol. The van der Waals surface area contributed by atoms with E-state index < -0.39 is 6.10 Å². The van der Waals surface area contributed by atoms with Crippen molar-refractivity contribution in [2.45, 2.75) is 12.5 Å². The average Bonchev–Trinajstić information content (AvgIpc) is 2.34. The van der Waals surface area contributed by atoms with Crippen LogP contribution >= 0.6 is 15.9 Å². The molecule has 0 aliphatic carbocycles. The Morgan fingerprint density at radius 2 is 2.12 bits per heavy atom. The second-order valence-electron chi connectivity index (χ2n) is 3.84. The van der Waals surface area contributed by atoms with Gasteiger partial charge in [0.25, 0.3) is 5.91 Å². The summed E-state index contributed by atoms with van der Waals surface area (Å²) in [5, 5.41) is 8.87. The van der Waals surface area contributed by atoms with Crippen LogP contribution in [0.5, 0.6) is 0 Å². The maximum Gasteiger partial charge on any atom is 0.256 e. The Bertz CT molecular complexity index is 391. The van der Waals surface area contributed by atoms with E-state index in [1.165, 1.54) is 0 Å². The van der Waals surface area contributed by atoms with Crippen LogP contribution in [0.4, 0.5) is 5.69 Å². The Balaban J connectivity index is 2.14. The Morgan fingerprint density at radius 3 is 2.76 bits per heavy atom. The first-order chi connectivity index (χ1) is 8.22. The molecule has 92 valence electrons. The van der Waals surface area contributed by atoms with E-state index in [4.69, 9.17) is 9.84 Å². The molecule has 0 saturated carbocycles. The summed E-state index contributed by atoms with van der Waals surface area (Å²) in [6, 6.07) is 7.59. The van der Waals surface area contributed by atoms with Gasteiger partial charge in [-0.15, -0.1) is 0 Å². The number of carbonyl (C=O) groups excluding carboxylic acids is 1. The van der Waals surface area contributed by atoms with E-state index in [9.17, 15) is 4.79 Å². The number of amides is 1. The van der Waals surface area contributed by atoms with E-state index in [1.54, 1.807) is 4.90 Å². The highest BCUT2D eigenvalue weighted by Gasteiger charge is 2.29. The average molecular weight is 300 g/mol. The van der Waals surface area contributed by atoms with Gasteiger partial charge in [-0.3, -0.25) is 4.79 Å². The zero-order valence-electron chi connectivity index (χ0n) is 9.30. The van der Waals surface area contributed by atoms with Gasteiger partial charge in [0.05, 0.1) is 6.61 Å². The van der Waals surface area contributed by atoms with Crippen molar-refractivity contribution >= 4 is 27.5 Å². The summed E-state index contributed by atoms with van der Waals surface area (Å²) in [4.78, 5) is 13.8. The number of aliphatic hydroxyl groups is 1. The number of aliphatic hydroxyl groups excluding tert-OH is 1. The maximum absolute atomic E-state index is 12.1. The molecule has 1 aromatic carbocycles. The van der Waals surface area contributed by atoms with Crippen LogP contribution in [0.2, 0.25) is 0 Å². The monoisotopic (exact) mass is 299 g/mol. The zero-order chi connectivity index (χ0) is 12.3. The fourth-order valence-electron chi connectivity index (χ4n) is 1.84. The van der Waals surface area contributed by atoms with Gasteiger partial charge in [0.2, 0.25) is 0 Å². The van der Waals surface area contributed by atoms with Crippen LogP contribution in [0.3, 0.4) is 0 Å². The number of halogens is 1. The summed E-state index contributed by atoms with van der Waals surface area (Å²) >= 11 is 3.36. The molecule has 1 saturated heterocycles. The fraction of sp³-hybridized carbons (Fsp3) is 0.417. The second kappa shape index (κ2) is 5.62. The molecule has 5 heteroatoms. The summed E-state index contributed by atoms with van der Waals surface area (Å²) in [6.45, 7) is 1.03. The van der Waals surface area contributed by atoms with Crippen LogP contribution < -0.4 is 4.90 Å². The molecular weight excluding hydrogens is 286 g/mol. The molecule has 17 heavy (non-hydrogen) atoms. The highest BCUT2D eigenvalue weighted by Crippen LogP contribution is 2.22. The molecule has 1 unspecified atom stereocenters. The highest BCUT2D eigenvalue weighted by molar-refractivity contribution is 9.10. The molecule has 0 spiro atoms. The van der Waals surface area contributed by atoms with Crippen LogP contribution in [-0.2, 0) is 9.53 Å². The molecule has 1 aliphatic heterocycles. The van der Waals surface area contributed by atoms with Crippen molar-refractivity contribution in [2.24, 2.45) is 0 Å². The van der Waals surface area contributed by atoms with E-state index in [-0.39, 0.29) is 12.5 Å². The Morgan fingerprint density at radius 1 is 1.41 bits per heavy atom. The fourth-order valence-corrected chi connectivity index (χ4v) is 2.11. The number of benzene rings is 1. The first-order valence-electron chi connectivity index (χ1n) is 5.52. The van der Waals surface area contributed by atoms with E-state index >= 15 is 0 Å². The molecule has 1 N–H and O–H groups in total. The lowest BCUT2D eigenvalue weighted by Crippen LogP contribution is -2.48. The lowest BCUT2D eigenvalue weighted by molar-refractivity contribution is -0.134. The van der Waals surface area contributed by atoms with Gasteiger partial charge in [0.1, 0.15) is 6.10 Å². The Hall–Kier alpha value is -0.910. The number of nitrogens with zero attached hydrogens (tertiary/aromatic N) is 1. The maximum atomic E-state index is 12.1. The molecule has 0 bridgehead atoms. The number of rotatable bonds is 3. The molecule has 0 aromatic heterocycles. The molecule has 1 aromatic rings. The van der Waals surface area contributed by atoms with Gasteiger partial charge in [0.15, 0.2) is 0 Å². The normalized spacial score (nSPS) is 20.7. The minimum Gasteiger partial charge on any atom is -0.396 e. The van der Waals surface area contributed by atoms with Gasteiger partial charge < -0.3 is 14.7 Å². The standard InChI is InChI=1S/C12H14BrNO3/c13-9-1-3-10(4-2-9)14-6-8-17-11(5-7-15)12(14)16/h1-4,11,15H,5-8H2. The van der Waals surface area contributed by atoms with Crippen LogP contribution in [0.25, 0.3) is 0 Å². The van der Waals surface area contributed by atoms with Crippen LogP contribution in [0, 0.1) is 0 Å². The summed E-state index contributed by atoms with van der Waals surface area (Å²) in [5.74, 6) is -0.0763. The van der Waals surface area contributed by atoms with Crippen molar-refractivity contribution in [2.75, 3.05) is 24.7 Å². The predicted octanol–water partition coefficient (Wildman–Crippen LogP) is 1.56. The second-order valence-corrected chi connectivity index (χ2v) is 4.75. The zero-order valence-corrected chi connectivity index (χ0v) is 10.9. The number of ether oxygens (including phenoxy) is 1. The lowest BCUT2D eigenvalue weighted by Gasteiger charge is -2.32. The third-order valence-electron chi connectivity index (χ3n) is 2.70. The van der Waals surface area contributed by atoms with Crippen LogP contribution in [0.15, 0.2) is 28.7 Å². The molecule has 2 rings (SSSR count). The van der Waals surface area contributed by atoms with Gasteiger partial charge in [-0.2, -0.15) is 0 Å². The van der Waals surface area contributed by atoms with Gasteiger partial charge in [-0.05, 0) is 24.3 Å². The topological polar surface area (TPSA) is 49.8 Å². The summed E-state index contributed by atoms with van der Waals surface area (Å²) in [6.07, 6.45) is -0.163. The van der Waals surface area contributed by atoms with Gasteiger partial charge in [-0.1, -0.05) is 15.9 Å². The van der Waals surface area contributed by atoms with Crippen LogP contribution in [0.1, 0.15) is 6.42 Å². The third kappa shape index (κ3) is 2.86. The molecule has 1 atom stereocenters. The Labute approximate surface area is 108 Å². The minimum atomic E-state index is -0.516. The molecule has 4 nitrogen and oxygen atoms in total. The molecular formula is C12H14BrNO3. The number of hydrogen-bond donors (Lipinski definition) is 1. The smallest absolute Gasteiger partial charge is 0.256 e. The van der Waals surface area contributed by atoms with E-state index in [0.717, 1.165) is 10.2 Å². The number of hydrogen-bond acceptors (Lipinski definition) is 3. The number of morpholine rings is 1. The van der Waals surface area contributed by atoms with E-state index in [1.807, 2.05) is 24.3 Å². The summed E-state index contributed by atoms with van der Waals surface area (Å²) in [5.41, 5.74) is 0.865. The van der Waals surface area contributed by atoms with Gasteiger partial charge >= 0.3 is 0 Å². The van der Waals surface area contributed by atoms with E-state index in [0.29, 0.717) is 19.6 Å². The van der Waals surface area contributed by atoms with Gasteiger partial charge in [-0.25, -0.2) is 0 Å². The molecule has 1 amide bonds. The van der Waals surface area contributed by atoms with Crippen molar-refractivity contribution in [3.05, 3.63) is 28.7 Å². The van der Waals surface area contributed by atoms with Crippen molar-refractivity contribution < 1.29 is 14.6 Å². The van der Waals surface area contributed by atoms with E-state index in [2.05, 4.69) is 15.9 Å². The lowest BCUT2D eigenvalue weighted by atomic mass is 10.1. The van der Waals surface area contributed by atoms with Crippen LogP contribution in [-0.4, -0.2) is 36.9 Å². The third-order valence-corrected chi connectivity index (χ3v) is 3.23. The molecule has 1 aliphatic rings. The Kier molecular flexibility index (Phi) is 4.15. The van der Waals surface area contributed by atoms with Gasteiger partial charge in [0, 0.05) is 29.7 Å². The SMILES string of the molecule is O=C1C(CCO)OCCN1c1ccc(Br)cc1. The molecule has 1 fully saturated rings. The van der Waals surface area contributed by atoms with Crippen molar-refractivity contribution in [1.82, 2.24) is 0 Å². The summed E-state index contributed by atoms with van der Waals surface area (Å²) in [7, 11) is 0. The largest absolute Gasteiger partial charge is 0.396 e. The minimum absolute atomic E-state index is 0.0371. The van der Waals surface area contributed by atoms with Crippen molar-refractivity contribution in [3.63, 3.8) is 0 Å². The molecule has 1 heterocycles. The summed E-state index contributed by atoms with van der Waals surface area (Å²) < 4.78 is 6.33. The molecule has 0 radical (unpaired) electrons. The first-order valence-corrected chi connectivity index (χ1v) is 6.31.